The number of nitrogens with two attached hydrogens (primary N) is 2. The number of imidazole rings is 2. The number of halogens is 10. The van der Waals surface area contributed by atoms with Crippen molar-refractivity contribution in [3.63, 3.8) is 0 Å². The molecule has 0 amide bonds. The molecule has 3 radical (unpaired) electrons. The predicted octanol–water partition coefficient (Wildman–Crippen LogP) is 17.7. The van der Waals surface area contributed by atoms with Gasteiger partial charge in [0.15, 0.2) is 42.9 Å². The van der Waals surface area contributed by atoms with Crippen LogP contribution in [0.25, 0.3) is 122 Å². The zero-order valence-corrected chi connectivity index (χ0v) is 108. The van der Waals surface area contributed by atoms with Crippen LogP contribution >= 0.6 is 211 Å². The van der Waals surface area contributed by atoms with Gasteiger partial charge in [-0.3, -0.25) is 117 Å². The van der Waals surface area contributed by atoms with E-state index in [1.165, 1.54) is 37.6 Å². The molecule has 23 rings (SSSR count). The van der Waals surface area contributed by atoms with Gasteiger partial charge < -0.3 is 150 Å². The molecule has 57 heteroatoms. The molecule has 3 atom stereocenters. The Bertz CT molecular complexity index is 7020. The van der Waals surface area contributed by atoms with Crippen molar-refractivity contribution >= 4 is 331 Å². The summed E-state index contributed by atoms with van der Waals surface area (Å²) in [6.45, 7) is 14.1. The Morgan fingerprint density at radius 3 is 1.20 bits per heavy atom. The van der Waals surface area contributed by atoms with Crippen molar-refractivity contribution < 1.29 is 94.4 Å². The van der Waals surface area contributed by atoms with Crippen molar-refractivity contribution in [3.8, 4) is 56.8 Å². The van der Waals surface area contributed by atoms with Gasteiger partial charge in [0.05, 0.1) is 141 Å². The molecule has 0 aliphatic carbocycles. The third kappa shape index (κ3) is 34.6. The molecule has 6 aliphatic rings. The molecule has 17 aromatic heterocycles. The number of nitrogens with one attached hydrogen (secondary N) is 3. The second kappa shape index (κ2) is 64.7. The number of hydrogen-bond donors (Lipinski definition) is 7. The topological polar surface area (TPSA) is 507 Å². The van der Waals surface area contributed by atoms with E-state index in [4.69, 9.17) is 55.8 Å². The molecule has 6 aliphatic heterocycles. The number of piperazine rings is 3. The summed E-state index contributed by atoms with van der Waals surface area (Å²) in [5.74, 6) is 1.41. The third-order valence-corrected chi connectivity index (χ3v) is 24.4. The summed E-state index contributed by atoms with van der Waals surface area (Å²) in [6.07, 6.45) is 47.3. The van der Waals surface area contributed by atoms with Crippen molar-refractivity contribution in [3.05, 3.63) is 192 Å². The number of nitrogens with zero attached hydrogens (tertiary/aromatic N) is 30. The Morgan fingerprint density at radius 2 is 0.807 bits per heavy atom. The minimum atomic E-state index is -1.47. The molecule has 0 bridgehead atoms. The number of aromatic amines is 3. The number of fused-ring (bicyclic) bond motifs is 6. The fourth-order valence-corrected chi connectivity index (χ4v) is 16.9. The molecular weight excluding hydrogens is 3160 g/mol. The second-order valence-electron chi connectivity index (χ2n) is 33.3. The van der Waals surface area contributed by atoms with E-state index in [0.29, 0.717) is 50.2 Å². The number of carbonyl (C=O) groups excluding carboxylic acids is 2. The molecule has 9 N–H and O–H groups in total. The zero-order valence-electron chi connectivity index (χ0n) is 81.3. The first-order valence-corrected chi connectivity index (χ1v) is 67.2. The predicted molar refractivity (Wildman–Crippen MR) is 650 cm³/mol. The first-order chi connectivity index (χ1) is 71.0. The van der Waals surface area contributed by atoms with E-state index in [9.17, 15) is 9.59 Å². The Morgan fingerprint density at radius 1 is 0.460 bits per heavy atom. The number of aromatic nitrogens is 27. The molecular formula is C93H103BBrI9N35O7V4-4. The van der Waals surface area contributed by atoms with Gasteiger partial charge in [0.25, 0.3) is 0 Å². The quantitative estimate of drug-likeness (QED) is 0.0175. The van der Waals surface area contributed by atoms with E-state index in [0.717, 1.165) is 291 Å². The molecule has 0 saturated carbocycles. The van der Waals surface area contributed by atoms with E-state index < -0.39 is 7.12 Å². The van der Waals surface area contributed by atoms with E-state index >= 15 is 0 Å². The van der Waals surface area contributed by atoms with Crippen molar-refractivity contribution in [1.82, 2.24) is 149 Å². The van der Waals surface area contributed by atoms with Gasteiger partial charge in [-0.05, 0) is 119 Å². The van der Waals surface area contributed by atoms with Gasteiger partial charge in [-0.15, -0.1) is -0.0619 Å². The first-order valence-electron chi connectivity index (χ1n) is 45.7. The van der Waals surface area contributed by atoms with Crippen LogP contribution in [0.2, 0.25) is 0 Å². The van der Waals surface area contributed by atoms with Crippen molar-refractivity contribution in [2.24, 2.45) is 0 Å². The maximum atomic E-state index is 11.4. The number of nitrogen functional groups attached to an aromatic ring is 2. The van der Waals surface area contributed by atoms with Gasteiger partial charge >= 0.3 is 72.0 Å². The molecule has 42 nitrogen and oxygen atoms in total. The summed E-state index contributed by atoms with van der Waals surface area (Å²) in [5, 5.41) is 41.8. The summed E-state index contributed by atoms with van der Waals surface area (Å²) in [6, 6.07) is 7.69. The molecule has 0 spiro atoms. The van der Waals surface area contributed by atoms with Crippen LogP contribution in [0.15, 0.2) is 166 Å². The van der Waals surface area contributed by atoms with Crippen LogP contribution in [0.3, 0.4) is 0 Å². The Labute approximate surface area is 1030 Å². The van der Waals surface area contributed by atoms with Crippen molar-refractivity contribution in [2.75, 3.05) is 146 Å². The monoisotopic (exact) mass is 3260 g/mol. The molecule has 6 saturated heterocycles. The molecule has 17 aromatic rings. The van der Waals surface area contributed by atoms with Crippen LogP contribution in [0.1, 0.15) is 97.4 Å². The SMILES string of the molecule is CN1CCN(c2cncc(N)c2N)CC1.CN1CCN(c2cncc3[nH]c(-c4n[nH]c5cnc(-c6cncnc6)cc45)nc23)CC1.CN1CCN(c2cncc3[nH]c(-c4nn(C5CCCCO5)c5cnc(-c6cncnc6)cc45)nc23)CC1.I[C-](I)I.I[CH-]I.O=Cc1nn(C2CCCCO2)c2cnc(-c3cncnc3)cc12.O=Cc1nn(C2CCCCO2)c2cnc(Br)cc12.OB(O)c1cncnc1.[CH2-]I.[CH3-].[I][V]([I])[I].[V].[V].[V]. The van der Waals surface area contributed by atoms with Crippen molar-refractivity contribution in [1.29, 1.82) is 0 Å². The smallest absolute Gasteiger partial charge is 0 e. The Kier molecular flexibility index (Phi) is 54.5. The number of rotatable bonds is 14. The van der Waals surface area contributed by atoms with E-state index in [1.807, 2.05) is 85.0 Å². The molecule has 150 heavy (non-hydrogen) atoms. The van der Waals surface area contributed by atoms with E-state index in [2.05, 4.69) is 344 Å². The average molecular weight is 3260 g/mol. The molecule has 789 valence electrons. The fourth-order valence-electron chi connectivity index (χ4n) is 16.6. The number of hydrogen-bond acceptors (Lipinski definition) is 36. The minimum absolute atomic E-state index is 0. The van der Waals surface area contributed by atoms with Gasteiger partial charge in [0, 0.05) is 247 Å². The molecule has 3 unspecified atom stereocenters. The maximum absolute atomic E-state index is 11.4. The van der Waals surface area contributed by atoms with Crippen LogP contribution < -0.4 is 31.6 Å². The standard InChI is InChI=1S/C26H28N10O.C21H20N10.C16H15N5O2.C12H12BrN3O2.C10H17N5.C4H5BN2O2.CI3.CHI2.CH2I.CH3.3HI.4V/c1-34-5-7-35(8-6-34)22-14-27-13-20-25(22)32-26(31-20)24-18-10-19(17-11-28-16-29-12-17)30-15-21(18)36(33-24)23-4-2-3-9-37-23;1-30-2-4-31(5-3-30)18-11-22-9-17-20(18)27-21(26-17)19-14-6-15(13-7-23-12-24-8-13)25-10-16(14)28-29-19;22-9-14-12-5-13(11-6-17-10-18-7-11)19-8-15(12)21(20-14)16-3-1-2-4-23-16;13-11-5-8-9(7-17)15-16(10(8)6-14-11)12-3-1-2-4-18-12;1-14-2-4-15(5-3-14)9-7-13-6-8(11)10(9)12;8-5(9)4-1-6-3-7-2-4;2-1(3)4;2-1-3;1-2;;;;;;;;/h10-16,23H,2-9H2,1H3,(H,31,32);6-12H,2-5H2,1H3,(H,26,27)(H,28,29);5-10,16H,1-4H2;5-7,12H,1-4H2;6-7H,2-5,11H2,1H3,(H2,12,13);1-3,8-9H;;1H;1H2;1H3;3*1H;;;;/q;;;;;;4*-1;;;;;;;+3/p-3. The number of likely N-dealkylation sites (N-methyl/N-ethyl adjacent to an activating group) is 3. The van der Waals surface area contributed by atoms with Crippen molar-refractivity contribution in [2.45, 2.75) is 76.5 Å². The maximum Gasteiger partial charge on any atom is 0 e. The van der Waals surface area contributed by atoms with Gasteiger partial charge in [-0.1, -0.05) is 0 Å². The minimum Gasteiger partial charge on any atom is 0 e. The number of carbonyl (C=O) groups is 2. The van der Waals surface area contributed by atoms with Crippen LogP contribution in [-0.2, 0) is 74.8 Å². The van der Waals surface area contributed by atoms with Crippen LogP contribution in [0.4, 0.5) is 28.4 Å². The largest absolute Gasteiger partial charge is 0 e. The molecule has 6 fully saturated rings. The van der Waals surface area contributed by atoms with E-state index in [1.54, 1.807) is 77.5 Å². The second-order valence-corrected chi connectivity index (χ2v) is 82.5. The average Bonchev–Trinajstić information content (AvgIpc) is 1.55. The summed E-state index contributed by atoms with van der Waals surface area (Å²) < 4.78 is 27.1. The van der Waals surface area contributed by atoms with Gasteiger partial charge in [0.2, 0.25) is 0 Å². The summed E-state index contributed by atoms with van der Waals surface area (Å²) >= 11 is 23.6. The van der Waals surface area contributed by atoms with Crippen LogP contribution in [0.5, 0.6) is 0 Å². The molecule has 0 aromatic carbocycles. The number of anilines is 5. The number of pyridine rings is 7. The zero-order chi connectivity index (χ0) is 103. The van der Waals surface area contributed by atoms with Gasteiger partial charge in [-0.25, -0.2) is 71.3 Å². The normalized spacial score (nSPS) is 16.1. The number of ether oxygens (including phenoxy) is 3. The Hall–Kier alpha value is -5.34. The fraction of sp³-hybridized carbons (Fsp3) is 0.323. The first kappa shape index (κ1) is 126. The summed E-state index contributed by atoms with van der Waals surface area (Å²) in [7, 11) is 4.96. The molecule has 23 heterocycles. The number of H-pyrrole nitrogens is 3. The van der Waals surface area contributed by atoms with Gasteiger partial charge in [-0.2, -0.15) is 20.4 Å². The van der Waals surface area contributed by atoms with Gasteiger partial charge in [0.1, 0.15) is 63.7 Å². The van der Waals surface area contributed by atoms with Crippen LogP contribution in [-0.4, -0.2) is 298 Å². The van der Waals surface area contributed by atoms with E-state index in [-0.39, 0.29) is 86.7 Å². The Balaban J connectivity index is 0.000000185. The third-order valence-electron chi connectivity index (χ3n) is 23.9. The summed E-state index contributed by atoms with van der Waals surface area (Å²) in [4.78, 5) is 119. The summed E-state index contributed by atoms with van der Waals surface area (Å²) in [5.41, 5.74) is 30.4. The van der Waals surface area contributed by atoms with Crippen LogP contribution in [0, 0.1) is 14.7 Å². The number of aldehydes is 2.